The van der Waals surface area contributed by atoms with E-state index in [4.69, 9.17) is 8.74 Å². The van der Waals surface area contributed by atoms with E-state index < -0.39 is 15.9 Å². The van der Waals surface area contributed by atoms with Gasteiger partial charge in [0.2, 0.25) is 0 Å². The van der Waals surface area contributed by atoms with Gasteiger partial charge in [-0.25, -0.2) is 0 Å². The lowest BCUT2D eigenvalue weighted by Gasteiger charge is -2.26. The summed E-state index contributed by atoms with van der Waals surface area (Å²) in [6.07, 6.45) is 0. The van der Waals surface area contributed by atoms with Crippen LogP contribution in [0.3, 0.4) is 0 Å². The zero-order chi connectivity index (χ0) is 11.6. The maximum absolute atomic E-state index is 11.9. The molecular weight excluding hydrogens is 215 g/mol. The molecule has 0 fully saturated rings. The molecule has 0 aromatic carbocycles. The monoisotopic (exact) mass is 238 g/mol. The molecule has 0 rings (SSSR count). The Morgan fingerprint density at radius 2 is 1.64 bits per heavy atom. The number of hydrogen-bond acceptors (Lipinski definition) is 3. The fraction of sp³-hybridized carbons (Fsp3) is 1.00. The molecule has 0 saturated heterocycles. The Bertz CT molecular complexity index is 227. The third-order valence-corrected chi connectivity index (χ3v) is 5.29. The van der Waals surface area contributed by atoms with E-state index in [2.05, 4.69) is 0 Å². The molecule has 0 heterocycles. The molecule has 0 saturated carbocycles. The van der Waals surface area contributed by atoms with Crippen LogP contribution in [0.5, 0.6) is 0 Å². The summed E-state index contributed by atoms with van der Waals surface area (Å²) in [7, 11) is -4.63. The van der Waals surface area contributed by atoms with E-state index in [9.17, 15) is 4.57 Å². The van der Waals surface area contributed by atoms with Crippen LogP contribution >= 0.6 is 7.60 Å². The average molecular weight is 238 g/mol. The van der Waals surface area contributed by atoms with E-state index in [1.54, 1.807) is 6.66 Å². The van der Waals surface area contributed by atoms with Crippen molar-refractivity contribution in [2.45, 2.75) is 40.4 Å². The summed E-state index contributed by atoms with van der Waals surface area (Å²) in [6.45, 7) is 14.2. The highest BCUT2D eigenvalue weighted by Crippen LogP contribution is 2.47. The normalized spacial score (nSPS) is 17.9. The Kier molecular flexibility index (Phi) is 4.60. The second-order valence-electron chi connectivity index (χ2n) is 5.81. The van der Waals surface area contributed by atoms with Crippen LogP contribution in [-0.2, 0) is 13.3 Å². The Balaban J connectivity index is 4.17. The van der Waals surface area contributed by atoms with Gasteiger partial charge in [-0.1, -0.05) is 20.8 Å². The molecule has 1 unspecified atom stereocenters. The van der Waals surface area contributed by atoms with E-state index in [1.807, 2.05) is 40.4 Å². The topological polar surface area (TPSA) is 35.5 Å². The highest BCUT2D eigenvalue weighted by molar-refractivity contribution is 7.54. The molecule has 0 amide bonds. The van der Waals surface area contributed by atoms with Gasteiger partial charge in [-0.2, -0.15) is 0 Å². The van der Waals surface area contributed by atoms with Crippen molar-refractivity contribution in [1.29, 1.82) is 0 Å². The average Bonchev–Trinajstić information content (AvgIpc) is 1.76. The molecule has 0 aromatic rings. The SMILES string of the molecule is CC(C)(C)COP(C)(=O)O[Si](C)(C)C. The Morgan fingerprint density at radius 1 is 1.21 bits per heavy atom. The molecule has 0 radical (unpaired) electrons. The standard InChI is InChI=1S/C9H23O3PSi/c1-9(2,3)8-11-13(4,10)12-14(5,6)7/h8H2,1-7H3. The summed E-state index contributed by atoms with van der Waals surface area (Å²) >= 11 is 0. The van der Waals surface area contributed by atoms with E-state index in [-0.39, 0.29) is 5.41 Å². The quantitative estimate of drug-likeness (QED) is 0.553. The lowest BCUT2D eigenvalue weighted by atomic mass is 9.99. The van der Waals surface area contributed by atoms with Gasteiger partial charge < -0.3 is 8.74 Å². The third kappa shape index (κ3) is 8.94. The summed E-state index contributed by atoms with van der Waals surface area (Å²) in [5, 5.41) is 0. The highest BCUT2D eigenvalue weighted by atomic mass is 31.2. The van der Waals surface area contributed by atoms with Crippen LogP contribution in [-0.4, -0.2) is 21.6 Å². The summed E-state index contributed by atoms with van der Waals surface area (Å²) in [5.41, 5.74) is 0.0223. The molecule has 1 atom stereocenters. The fourth-order valence-electron chi connectivity index (χ4n) is 0.835. The van der Waals surface area contributed by atoms with E-state index in [1.165, 1.54) is 0 Å². The van der Waals surface area contributed by atoms with Gasteiger partial charge in [0.1, 0.15) is 0 Å². The largest absolute Gasteiger partial charge is 0.351 e. The maximum atomic E-state index is 11.9. The third-order valence-electron chi connectivity index (χ3n) is 1.17. The Morgan fingerprint density at radius 3 is 1.93 bits per heavy atom. The van der Waals surface area contributed by atoms with Gasteiger partial charge >= 0.3 is 7.60 Å². The van der Waals surface area contributed by atoms with Gasteiger partial charge in [0.25, 0.3) is 0 Å². The molecule has 86 valence electrons. The zero-order valence-electron chi connectivity index (χ0n) is 10.4. The Hall–Kier alpha value is 0.367. The predicted molar refractivity (Wildman–Crippen MR) is 63.4 cm³/mol. The van der Waals surface area contributed by atoms with Gasteiger partial charge in [0, 0.05) is 6.66 Å². The summed E-state index contributed by atoms with van der Waals surface area (Å²) < 4.78 is 22.7. The zero-order valence-corrected chi connectivity index (χ0v) is 12.3. The van der Waals surface area contributed by atoms with Crippen molar-refractivity contribution < 1.29 is 13.3 Å². The molecule has 0 bridgehead atoms. The molecular formula is C9H23O3PSi. The van der Waals surface area contributed by atoms with Crippen molar-refractivity contribution in [2.24, 2.45) is 5.41 Å². The molecule has 0 N–H and O–H groups in total. The summed E-state index contributed by atoms with van der Waals surface area (Å²) in [4.78, 5) is 0. The summed E-state index contributed by atoms with van der Waals surface area (Å²) in [6, 6.07) is 0. The van der Waals surface area contributed by atoms with Crippen molar-refractivity contribution in [1.82, 2.24) is 0 Å². The molecule has 0 aromatic heterocycles. The van der Waals surface area contributed by atoms with Gasteiger partial charge in [-0.15, -0.1) is 0 Å². The number of hydrogen-bond donors (Lipinski definition) is 0. The van der Waals surface area contributed by atoms with Crippen LogP contribution < -0.4 is 0 Å². The minimum Gasteiger partial charge on any atom is -0.351 e. The van der Waals surface area contributed by atoms with Gasteiger partial charge in [-0.3, -0.25) is 4.57 Å². The summed E-state index contributed by atoms with van der Waals surface area (Å²) in [5.74, 6) is 0. The van der Waals surface area contributed by atoms with Gasteiger partial charge in [0.15, 0.2) is 8.32 Å². The van der Waals surface area contributed by atoms with Crippen LogP contribution in [0.15, 0.2) is 0 Å². The molecule has 0 spiro atoms. The van der Waals surface area contributed by atoms with Crippen molar-refractivity contribution >= 4 is 15.9 Å². The van der Waals surface area contributed by atoms with Gasteiger partial charge in [-0.05, 0) is 25.1 Å². The van der Waals surface area contributed by atoms with Crippen LogP contribution in [0.1, 0.15) is 20.8 Å². The fourth-order valence-corrected chi connectivity index (χ4v) is 5.65. The van der Waals surface area contributed by atoms with Crippen LogP contribution in [0.4, 0.5) is 0 Å². The lowest BCUT2D eigenvalue weighted by Crippen LogP contribution is -2.25. The first-order chi connectivity index (χ1) is 5.91. The highest BCUT2D eigenvalue weighted by Gasteiger charge is 2.28. The van der Waals surface area contributed by atoms with Crippen LogP contribution in [0, 0.1) is 5.41 Å². The first-order valence-corrected chi connectivity index (χ1v) is 10.2. The molecule has 14 heavy (non-hydrogen) atoms. The van der Waals surface area contributed by atoms with Crippen LogP contribution in [0.25, 0.3) is 0 Å². The predicted octanol–water partition coefficient (Wildman–Crippen LogP) is 3.72. The van der Waals surface area contributed by atoms with Crippen molar-refractivity contribution in [2.75, 3.05) is 13.3 Å². The first kappa shape index (κ1) is 14.4. The number of rotatable bonds is 4. The molecule has 0 aliphatic heterocycles. The maximum Gasteiger partial charge on any atom is 0.318 e. The minimum absolute atomic E-state index is 0.0223. The van der Waals surface area contributed by atoms with Gasteiger partial charge in [0.05, 0.1) is 6.61 Å². The minimum atomic E-state index is -2.85. The molecule has 3 nitrogen and oxygen atoms in total. The van der Waals surface area contributed by atoms with Crippen molar-refractivity contribution in [3.8, 4) is 0 Å². The second-order valence-corrected chi connectivity index (χ2v) is 12.6. The smallest absolute Gasteiger partial charge is 0.318 e. The molecule has 0 aliphatic rings. The molecule has 5 heteroatoms. The lowest BCUT2D eigenvalue weighted by molar-refractivity contribution is 0.179. The van der Waals surface area contributed by atoms with Crippen LogP contribution in [0.2, 0.25) is 19.6 Å². The second kappa shape index (κ2) is 4.48. The first-order valence-electron chi connectivity index (χ1n) is 4.84. The Labute approximate surface area is 88.9 Å². The van der Waals surface area contributed by atoms with Crippen molar-refractivity contribution in [3.63, 3.8) is 0 Å². The van der Waals surface area contributed by atoms with E-state index in [0.717, 1.165) is 0 Å². The van der Waals surface area contributed by atoms with E-state index in [0.29, 0.717) is 6.61 Å². The van der Waals surface area contributed by atoms with E-state index >= 15 is 0 Å². The molecule has 0 aliphatic carbocycles. The van der Waals surface area contributed by atoms with Crippen molar-refractivity contribution in [3.05, 3.63) is 0 Å².